The molecule has 2 heterocycles. The first-order valence-electron chi connectivity index (χ1n) is 8.26. The molecule has 2 aromatic heterocycles. The van der Waals surface area contributed by atoms with Crippen LogP contribution in [-0.4, -0.2) is 20.7 Å². The number of carbonyl (C=O) groups excluding carboxylic acids is 1. The minimum atomic E-state index is -0.233. The highest BCUT2D eigenvalue weighted by Crippen LogP contribution is 2.26. The number of anilines is 1. The number of amides is 1. The summed E-state index contributed by atoms with van der Waals surface area (Å²) in [6.45, 7) is 10.2. The van der Waals surface area contributed by atoms with E-state index in [9.17, 15) is 4.79 Å². The predicted molar refractivity (Wildman–Crippen MR) is 102 cm³/mol. The fourth-order valence-corrected chi connectivity index (χ4v) is 3.36. The van der Waals surface area contributed by atoms with Gasteiger partial charge in [0.15, 0.2) is 10.8 Å². The standard InChI is InChI=1S/C19H22N4OS/c1-11(2)23-14(5)9-16(22-23)18(24)21-19-20-17(10-25-19)15-7-6-12(3)13(4)8-15/h6-11H,1-5H3,(H,20,21,24). The van der Waals surface area contributed by atoms with Gasteiger partial charge in [0.05, 0.1) is 5.69 Å². The van der Waals surface area contributed by atoms with Crippen molar-refractivity contribution in [2.24, 2.45) is 0 Å². The second-order valence-corrected chi connectivity index (χ2v) is 7.36. The van der Waals surface area contributed by atoms with Gasteiger partial charge in [-0.15, -0.1) is 11.3 Å². The fraction of sp³-hybridized carbons (Fsp3) is 0.316. The lowest BCUT2D eigenvalue weighted by Crippen LogP contribution is -2.13. The summed E-state index contributed by atoms with van der Waals surface area (Å²) in [7, 11) is 0. The van der Waals surface area contributed by atoms with E-state index < -0.39 is 0 Å². The summed E-state index contributed by atoms with van der Waals surface area (Å²) in [6, 6.07) is 8.27. The maximum Gasteiger partial charge on any atom is 0.277 e. The Kier molecular flexibility index (Phi) is 4.72. The molecule has 130 valence electrons. The first-order valence-corrected chi connectivity index (χ1v) is 9.13. The summed E-state index contributed by atoms with van der Waals surface area (Å²) in [4.78, 5) is 17.0. The molecule has 0 unspecified atom stereocenters. The van der Waals surface area contributed by atoms with Gasteiger partial charge < -0.3 is 0 Å². The normalized spacial score (nSPS) is 11.1. The first-order chi connectivity index (χ1) is 11.8. The average molecular weight is 354 g/mol. The molecule has 0 fully saturated rings. The van der Waals surface area contributed by atoms with Gasteiger partial charge in [-0.1, -0.05) is 12.1 Å². The highest BCUT2D eigenvalue weighted by molar-refractivity contribution is 7.14. The Morgan fingerprint density at radius 1 is 1.16 bits per heavy atom. The zero-order valence-electron chi connectivity index (χ0n) is 15.1. The number of benzene rings is 1. The third-order valence-corrected chi connectivity index (χ3v) is 4.93. The summed E-state index contributed by atoms with van der Waals surface area (Å²) < 4.78 is 1.84. The number of carbonyl (C=O) groups is 1. The molecule has 0 bridgehead atoms. The number of nitrogens with one attached hydrogen (secondary N) is 1. The van der Waals surface area contributed by atoms with Crippen LogP contribution in [0, 0.1) is 20.8 Å². The zero-order chi connectivity index (χ0) is 18.1. The molecule has 0 spiro atoms. The van der Waals surface area contributed by atoms with Crippen LogP contribution in [-0.2, 0) is 0 Å². The lowest BCUT2D eigenvalue weighted by atomic mass is 10.1. The van der Waals surface area contributed by atoms with Crippen LogP contribution in [0.4, 0.5) is 5.13 Å². The largest absolute Gasteiger partial charge is 0.296 e. The van der Waals surface area contributed by atoms with E-state index in [1.165, 1.54) is 22.5 Å². The van der Waals surface area contributed by atoms with E-state index in [-0.39, 0.29) is 11.9 Å². The van der Waals surface area contributed by atoms with Gasteiger partial charge in [0.2, 0.25) is 0 Å². The van der Waals surface area contributed by atoms with Crippen molar-refractivity contribution in [3.8, 4) is 11.3 Å². The van der Waals surface area contributed by atoms with Gasteiger partial charge in [0, 0.05) is 22.7 Å². The number of hydrogen-bond donors (Lipinski definition) is 1. The molecule has 3 rings (SSSR count). The molecule has 3 aromatic rings. The van der Waals surface area contributed by atoms with E-state index in [1.54, 1.807) is 6.07 Å². The molecular formula is C19H22N4OS. The van der Waals surface area contributed by atoms with Crippen LogP contribution in [0.5, 0.6) is 0 Å². The number of rotatable bonds is 4. The van der Waals surface area contributed by atoms with Gasteiger partial charge in [-0.05, 0) is 57.9 Å². The lowest BCUT2D eigenvalue weighted by molar-refractivity contribution is 0.102. The number of aromatic nitrogens is 3. The Balaban J connectivity index is 1.78. The minimum absolute atomic E-state index is 0.220. The van der Waals surface area contributed by atoms with Gasteiger partial charge in [0.25, 0.3) is 5.91 Å². The SMILES string of the molecule is Cc1ccc(-c2csc(NC(=O)c3cc(C)n(C(C)C)n3)n2)cc1C. The Hall–Kier alpha value is -2.47. The van der Waals surface area contributed by atoms with Crippen molar-refractivity contribution in [1.82, 2.24) is 14.8 Å². The molecule has 1 amide bonds. The quantitative estimate of drug-likeness (QED) is 0.734. The first kappa shape index (κ1) is 17.4. The van der Waals surface area contributed by atoms with Crippen LogP contribution in [0.2, 0.25) is 0 Å². The Morgan fingerprint density at radius 3 is 2.56 bits per heavy atom. The Bertz CT molecular complexity index is 923. The summed E-state index contributed by atoms with van der Waals surface area (Å²) in [5, 5.41) is 9.75. The summed E-state index contributed by atoms with van der Waals surface area (Å²) in [5.74, 6) is -0.233. The van der Waals surface area contributed by atoms with Crippen molar-refractivity contribution in [2.75, 3.05) is 5.32 Å². The third kappa shape index (κ3) is 3.64. The average Bonchev–Trinajstić information content (AvgIpc) is 3.17. The van der Waals surface area contributed by atoms with Gasteiger partial charge in [-0.25, -0.2) is 4.98 Å². The van der Waals surface area contributed by atoms with Crippen molar-refractivity contribution >= 4 is 22.4 Å². The molecule has 0 aliphatic rings. The second kappa shape index (κ2) is 6.80. The fourth-order valence-electron chi connectivity index (χ4n) is 2.65. The Labute approximate surface area is 151 Å². The molecule has 6 heteroatoms. The van der Waals surface area contributed by atoms with Crippen molar-refractivity contribution in [1.29, 1.82) is 0 Å². The van der Waals surface area contributed by atoms with Crippen LogP contribution in [0.1, 0.15) is 47.2 Å². The van der Waals surface area contributed by atoms with Crippen LogP contribution >= 0.6 is 11.3 Å². The summed E-state index contributed by atoms with van der Waals surface area (Å²) in [6.07, 6.45) is 0. The molecule has 0 aliphatic heterocycles. The molecule has 0 aliphatic carbocycles. The molecule has 25 heavy (non-hydrogen) atoms. The van der Waals surface area contributed by atoms with Gasteiger partial charge in [-0.2, -0.15) is 5.10 Å². The minimum Gasteiger partial charge on any atom is -0.296 e. The van der Waals surface area contributed by atoms with Gasteiger partial charge in [-0.3, -0.25) is 14.8 Å². The highest BCUT2D eigenvalue weighted by atomic mass is 32.1. The maximum absolute atomic E-state index is 12.4. The van der Waals surface area contributed by atoms with Crippen molar-refractivity contribution in [3.63, 3.8) is 0 Å². The van der Waals surface area contributed by atoms with Crippen molar-refractivity contribution in [2.45, 2.75) is 40.7 Å². The van der Waals surface area contributed by atoms with Crippen LogP contribution in [0.3, 0.4) is 0 Å². The Morgan fingerprint density at radius 2 is 1.92 bits per heavy atom. The molecule has 1 N–H and O–H groups in total. The maximum atomic E-state index is 12.4. The van der Waals surface area contributed by atoms with E-state index in [4.69, 9.17) is 0 Å². The number of nitrogens with zero attached hydrogens (tertiary/aromatic N) is 3. The van der Waals surface area contributed by atoms with E-state index in [0.717, 1.165) is 17.0 Å². The molecule has 5 nitrogen and oxygen atoms in total. The van der Waals surface area contributed by atoms with E-state index >= 15 is 0 Å². The lowest BCUT2D eigenvalue weighted by Gasteiger charge is -2.06. The van der Waals surface area contributed by atoms with Gasteiger partial charge in [0.1, 0.15) is 0 Å². The monoisotopic (exact) mass is 354 g/mol. The summed E-state index contributed by atoms with van der Waals surface area (Å²) >= 11 is 1.42. The molecular weight excluding hydrogens is 332 g/mol. The van der Waals surface area contributed by atoms with E-state index in [2.05, 4.69) is 47.4 Å². The van der Waals surface area contributed by atoms with Crippen LogP contribution in [0.25, 0.3) is 11.3 Å². The molecule has 1 aromatic carbocycles. The molecule has 0 saturated carbocycles. The van der Waals surface area contributed by atoms with E-state index in [0.29, 0.717) is 10.8 Å². The number of thiazole rings is 1. The number of hydrogen-bond acceptors (Lipinski definition) is 4. The predicted octanol–water partition coefficient (Wildman–Crippen LogP) is 4.77. The smallest absolute Gasteiger partial charge is 0.277 e. The van der Waals surface area contributed by atoms with Crippen molar-refractivity contribution < 1.29 is 4.79 Å². The molecule has 0 radical (unpaired) electrons. The van der Waals surface area contributed by atoms with Crippen LogP contribution in [0.15, 0.2) is 29.6 Å². The van der Waals surface area contributed by atoms with Crippen molar-refractivity contribution in [3.05, 3.63) is 52.2 Å². The molecule has 0 atom stereocenters. The van der Waals surface area contributed by atoms with Crippen LogP contribution < -0.4 is 5.32 Å². The zero-order valence-corrected chi connectivity index (χ0v) is 15.9. The second-order valence-electron chi connectivity index (χ2n) is 6.50. The van der Waals surface area contributed by atoms with E-state index in [1.807, 2.05) is 30.8 Å². The van der Waals surface area contributed by atoms with Gasteiger partial charge >= 0.3 is 0 Å². The third-order valence-electron chi connectivity index (χ3n) is 4.17. The topological polar surface area (TPSA) is 59.8 Å². The summed E-state index contributed by atoms with van der Waals surface area (Å²) in [5.41, 5.74) is 5.78. The highest BCUT2D eigenvalue weighted by Gasteiger charge is 2.15. The number of aryl methyl sites for hydroxylation is 3. The molecule has 0 saturated heterocycles.